The van der Waals surface area contributed by atoms with Crippen LogP contribution in [-0.4, -0.2) is 8.42 Å². The van der Waals surface area contributed by atoms with Crippen LogP contribution in [-0.2, 0) is 16.6 Å². The molecule has 0 aliphatic heterocycles. The van der Waals surface area contributed by atoms with Crippen molar-refractivity contribution in [3.63, 3.8) is 0 Å². The van der Waals surface area contributed by atoms with E-state index in [4.69, 9.17) is 5.73 Å². The molecule has 112 valence electrons. The first kappa shape index (κ1) is 15.4. The van der Waals surface area contributed by atoms with Gasteiger partial charge in [-0.2, -0.15) is 0 Å². The molecule has 2 aromatic rings. The van der Waals surface area contributed by atoms with Gasteiger partial charge in [0.25, 0.3) is 0 Å². The molecule has 0 atom stereocenters. The van der Waals surface area contributed by atoms with Crippen LogP contribution in [0, 0.1) is 18.6 Å². The summed E-state index contributed by atoms with van der Waals surface area (Å²) < 4.78 is 52.5. The number of anilines is 1. The van der Waals surface area contributed by atoms with Gasteiger partial charge in [-0.15, -0.1) is 0 Å². The SMILES string of the molecule is Cc1cc(N)ccc1S(=O)(=O)NCc1ccc(F)c(F)c1. The fourth-order valence-electron chi connectivity index (χ4n) is 1.88. The quantitative estimate of drug-likeness (QED) is 0.851. The lowest BCUT2D eigenvalue weighted by molar-refractivity contribution is 0.506. The highest BCUT2D eigenvalue weighted by atomic mass is 32.2. The number of nitrogen functional groups attached to an aromatic ring is 1. The van der Waals surface area contributed by atoms with Gasteiger partial charge in [-0.1, -0.05) is 6.07 Å². The molecule has 7 heteroatoms. The first-order chi connectivity index (χ1) is 9.79. The molecular weight excluding hydrogens is 298 g/mol. The van der Waals surface area contributed by atoms with Crippen molar-refractivity contribution in [2.45, 2.75) is 18.4 Å². The van der Waals surface area contributed by atoms with Gasteiger partial charge in [0.1, 0.15) is 0 Å². The summed E-state index contributed by atoms with van der Waals surface area (Å²) in [7, 11) is -3.75. The normalized spacial score (nSPS) is 11.6. The Balaban J connectivity index is 2.19. The van der Waals surface area contributed by atoms with Gasteiger partial charge in [0.05, 0.1) is 4.90 Å². The Kier molecular flexibility index (Phi) is 4.24. The van der Waals surface area contributed by atoms with Crippen molar-refractivity contribution in [1.29, 1.82) is 0 Å². The number of halogens is 2. The van der Waals surface area contributed by atoms with Crippen LogP contribution in [0.3, 0.4) is 0 Å². The zero-order chi connectivity index (χ0) is 15.6. The largest absolute Gasteiger partial charge is 0.399 e. The molecule has 0 unspecified atom stereocenters. The molecule has 0 fully saturated rings. The summed E-state index contributed by atoms with van der Waals surface area (Å²) in [4.78, 5) is 0.0966. The average molecular weight is 312 g/mol. The minimum absolute atomic E-state index is 0.0966. The van der Waals surface area contributed by atoms with Crippen molar-refractivity contribution in [2.75, 3.05) is 5.73 Å². The molecule has 0 amide bonds. The second-order valence-electron chi connectivity index (χ2n) is 4.60. The molecule has 2 aromatic carbocycles. The van der Waals surface area contributed by atoms with Crippen LogP contribution in [0.25, 0.3) is 0 Å². The van der Waals surface area contributed by atoms with Crippen LogP contribution in [0.5, 0.6) is 0 Å². The summed E-state index contributed by atoms with van der Waals surface area (Å²) in [6.45, 7) is 1.49. The van der Waals surface area contributed by atoms with Gasteiger partial charge in [0.15, 0.2) is 11.6 Å². The number of nitrogens with two attached hydrogens (primary N) is 1. The second-order valence-corrected chi connectivity index (χ2v) is 6.33. The van der Waals surface area contributed by atoms with E-state index in [1.165, 1.54) is 18.2 Å². The van der Waals surface area contributed by atoms with Crippen molar-refractivity contribution < 1.29 is 17.2 Å². The number of sulfonamides is 1. The maximum Gasteiger partial charge on any atom is 0.241 e. The standard InChI is InChI=1S/C14H14F2N2O2S/c1-9-6-11(17)3-5-14(9)21(19,20)18-8-10-2-4-12(15)13(16)7-10/h2-7,18H,8,17H2,1H3. The summed E-state index contributed by atoms with van der Waals surface area (Å²) in [5, 5.41) is 0. The molecule has 0 bridgehead atoms. The molecule has 0 saturated carbocycles. The summed E-state index contributed by atoms with van der Waals surface area (Å²) >= 11 is 0. The summed E-state index contributed by atoms with van der Waals surface area (Å²) in [6.07, 6.45) is 0. The van der Waals surface area contributed by atoms with Gasteiger partial charge in [-0.3, -0.25) is 0 Å². The highest BCUT2D eigenvalue weighted by molar-refractivity contribution is 7.89. The van der Waals surface area contributed by atoms with Crippen molar-refractivity contribution in [2.24, 2.45) is 0 Å². The molecule has 4 nitrogen and oxygen atoms in total. The smallest absolute Gasteiger partial charge is 0.241 e. The van der Waals surface area contributed by atoms with Crippen molar-refractivity contribution >= 4 is 15.7 Å². The Bertz CT molecular complexity index is 777. The summed E-state index contributed by atoms with van der Waals surface area (Å²) in [6, 6.07) is 7.65. The van der Waals surface area contributed by atoms with Gasteiger partial charge in [0, 0.05) is 12.2 Å². The molecule has 21 heavy (non-hydrogen) atoms. The lowest BCUT2D eigenvalue weighted by Gasteiger charge is -2.10. The van der Waals surface area contributed by atoms with Gasteiger partial charge < -0.3 is 5.73 Å². The topological polar surface area (TPSA) is 72.2 Å². The molecule has 0 saturated heterocycles. The van der Waals surface area contributed by atoms with E-state index in [1.807, 2.05) is 0 Å². The molecule has 0 heterocycles. The van der Waals surface area contributed by atoms with Gasteiger partial charge in [-0.25, -0.2) is 21.9 Å². The lowest BCUT2D eigenvalue weighted by atomic mass is 10.2. The van der Waals surface area contributed by atoms with E-state index < -0.39 is 21.7 Å². The Hall–Kier alpha value is -1.99. The average Bonchev–Trinajstić information content (AvgIpc) is 2.40. The zero-order valence-electron chi connectivity index (χ0n) is 11.2. The zero-order valence-corrected chi connectivity index (χ0v) is 12.0. The number of aryl methyl sites for hydroxylation is 1. The molecule has 0 aliphatic carbocycles. The number of rotatable bonds is 4. The molecule has 0 aromatic heterocycles. The maximum atomic E-state index is 13.1. The minimum Gasteiger partial charge on any atom is -0.399 e. The van der Waals surface area contributed by atoms with Crippen LogP contribution < -0.4 is 10.5 Å². The van der Waals surface area contributed by atoms with E-state index in [0.717, 1.165) is 12.1 Å². The predicted molar refractivity (Wildman–Crippen MR) is 76.0 cm³/mol. The first-order valence-corrected chi connectivity index (χ1v) is 7.57. The Morgan fingerprint density at radius 3 is 2.43 bits per heavy atom. The Morgan fingerprint density at radius 2 is 1.81 bits per heavy atom. The van der Waals surface area contributed by atoms with Crippen molar-refractivity contribution in [3.8, 4) is 0 Å². The fraction of sp³-hybridized carbons (Fsp3) is 0.143. The van der Waals surface area contributed by atoms with Crippen LogP contribution in [0.2, 0.25) is 0 Å². The minimum atomic E-state index is -3.75. The Labute approximate surface area is 121 Å². The van der Waals surface area contributed by atoms with Gasteiger partial charge in [0.2, 0.25) is 10.0 Å². The first-order valence-electron chi connectivity index (χ1n) is 6.09. The van der Waals surface area contributed by atoms with Crippen LogP contribution >= 0.6 is 0 Å². The summed E-state index contributed by atoms with van der Waals surface area (Å²) in [5.41, 5.74) is 6.87. The van der Waals surface area contributed by atoms with E-state index in [2.05, 4.69) is 4.72 Å². The highest BCUT2D eigenvalue weighted by Gasteiger charge is 2.16. The van der Waals surface area contributed by atoms with Crippen molar-refractivity contribution in [1.82, 2.24) is 4.72 Å². The van der Waals surface area contributed by atoms with E-state index in [9.17, 15) is 17.2 Å². The van der Waals surface area contributed by atoms with Crippen LogP contribution in [0.1, 0.15) is 11.1 Å². The fourth-order valence-corrected chi connectivity index (χ4v) is 3.12. The van der Waals surface area contributed by atoms with E-state index in [0.29, 0.717) is 16.8 Å². The van der Waals surface area contributed by atoms with Crippen LogP contribution in [0.15, 0.2) is 41.3 Å². The monoisotopic (exact) mass is 312 g/mol. The van der Waals surface area contributed by atoms with E-state index >= 15 is 0 Å². The van der Waals surface area contributed by atoms with Gasteiger partial charge in [-0.05, 0) is 48.4 Å². The molecule has 0 aliphatic rings. The molecular formula is C14H14F2N2O2S. The molecule has 3 N–H and O–H groups in total. The maximum absolute atomic E-state index is 13.1. The summed E-state index contributed by atoms with van der Waals surface area (Å²) in [5.74, 6) is -1.99. The Morgan fingerprint density at radius 1 is 1.10 bits per heavy atom. The third-order valence-corrected chi connectivity index (χ3v) is 4.50. The van der Waals surface area contributed by atoms with E-state index in [1.54, 1.807) is 13.0 Å². The lowest BCUT2D eigenvalue weighted by Crippen LogP contribution is -2.24. The second kappa shape index (κ2) is 5.79. The number of benzene rings is 2. The van der Waals surface area contributed by atoms with Crippen molar-refractivity contribution in [3.05, 3.63) is 59.2 Å². The van der Waals surface area contributed by atoms with E-state index in [-0.39, 0.29) is 11.4 Å². The number of hydrogen-bond acceptors (Lipinski definition) is 3. The number of hydrogen-bond donors (Lipinski definition) is 2. The number of nitrogens with one attached hydrogen (secondary N) is 1. The highest BCUT2D eigenvalue weighted by Crippen LogP contribution is 2.18. The van der Waals surface area contributed by atoms with Crippen LogP contribution in [0.4, 0.5) is 14.5 Å². The molecule has 2 rings (SSSR count). The third-order valence-electron chi connectivity index (χ3n) is 2.94. The molecule has 0 spiro atoms. The van der Waals surface area contributed by atoms with Gasteiger partial charge >= 0.3 is 0 Å². The molecule has 0 radical (unpaired) electrons. The predicted octanol–water partition coefficient (Wildman–Crippen LogP) is 2.33. The third kappa shape index (κ3) is 3.56.